The number of alkyl halides is 5. The smallest absolute Gasteiger partial charge is 0.435 e. The Kier molecular flexibility index (Phi) is 4.85. The molecular weight excluding hydrogens is 287 g/mol. The number of nitrogens with two attached hydrogens (primary N) is 1. The molecule has 0 aliphatic heterocycles. The third-order valence-electron chi connectivity index (χ3n) is 2.39. The van der Waals surface area contributed by atoms with Crippen LogP contribution in [0, 0.1) is 0 Å². The van der Waals surface area contributed by atoms with Crippen molar-refractivity contribution in [3.8, 4) is 0 Å². The second-order valence-electron chi connectivity index (χ2n) is 3.73. The van der Waals surface area contributed by atoms with Crippen molar-refractivity contribution in [1.82, 2.24) is 4.98 Å². The van der Waals surface area contributed by atoms with Crippen LogP contribution in [0.3, 0.4) is 0 Å². The lowest BCUT2D eigenvalue weighted by molar-refractivity contribution is -0.143. The molecule has 20 heavy (non-hydrogen) atoms. The normalized spacial score (nSPS) is 11.8. The summed E-state index contributed by atoms with van der Waals surface area (Å²) in [4.78, 5) is 14.2. The first kappa shape index (κ1) is 16.1. The first-order valence-corrected chi connectivity index (χ1v) is 5.46. The fourth-order valence-corrected chi connectivity index (χ4v) is 1.55. The Morgan fingerprint density at radius 2 is 2.05 bits per heavy atom. The van der Waals surface area contributed by atoms with E-state index in [1.54, 1.807) is 0 Å². The molecule has 0 aliphatic carbocycles. The molecule has 0 saturated heterocycles. The Bertz CT molecular complexity index is 502. The van der Waals surface area contributed by atoms with Gasteiger partial charge in [0, 0.05) is 11.8 Å². The first-order chi connectivity index (χ1) is 9.18. The van der Waals surface area contributed by atoms with Crippen molar-refractivity contribution in [2.24, 2.45) is 0 Å². The van der Waals surface area contributed by atoms with Crippen molar-refractivity contribution in [2.45, 2.75) is 25.9 Å². The van der Waals surface area contributed by atoms with E-state index in [-0.39, 0.29) is 6.61 Å². The van der Waals surface area contributed by atoms with Crippen LogP contribution in [-0.2, 0) is 22.1 Å². The summed E-state index contributed by atoms with van der Waals surface area (Å²) < 4.78 is 67.8. The van der Waals surface area contributed by atoms with Gasteiger partial charge in [-0.25, -0.2) is 13.8 Å². The van der Waals surface area contributed by atoms with Gasteiger partial charge in [0.15, 0.2) is 5.69 Å². The molecule has 1 aromatic heterocycles. The van der Waals surface area contributed by atoms with Crippen molar-refractivity contribution < 1.29 is 31.5 Å². The molecule has 0 saturated carbocycles. The van der Waals surface area contributed by atoms with Crippen molar-refractivity contribution in [2.75, 3.05) is 12.3 Å². The molecule has 0 bridgehead atoms. The molecule has 0 amide bonds. The van der Waals surface area contributed by atoms with E-state index in [1.165, 1.54) is 6.92 Å². The molecule has 0 aliphatic rings. The maximum Gasteiger partial charge on any atom is 0.435 e. The molecule has 112 valence electrons. The second-order valence-corrected chi connectivity index (χ2v) is 3.73. The highest BCUT2D eigenvalue weighted by molar-refractivity contribution is 5.76. The van der Waals surface area contributed by atoms with Crippen molar-refractivity contribution in [1.29, 1.82) is 0 Å². The molecule has 1 aromatic rings. The minimum absolute atomic E-state index is 0.0278. The maximum atomic E-state index is 12.7. The van der Waals surface area contributed by atoms with Crippen LogP contribution in [0.25, 0.3) is 0 Å². The molecule has 0 unspecified atom stereocenters. The Morgan fingerprint density at radius 1 is 1.45 bits per heavy atom. The molecule has 0 fully saturated rings. The van der Waals surface area contributed by atoms with Gasteiger partial charge in [-0.2, -0.15) is 13.2 Å². The third-order valence-corrected chi connectivity index (χ3v) is 2.39. The molecule has 1 heterocycles. The molecule has 2 N–H and O–H groups in total. The Balaban J connectivity index is 3.32. The van der Waals surface area contributed by atoms with Crippen LogP contribution < -0.4 is 5.73 Å². The van der Waals surface area contributed by atoms with Crippen LogP contribution in [0.1, 0.15) is 30.2 Å². The van der Waals surface area contributed by atoms with Gasteiger partial charge < -0.3 is 10.5 Å². The van der Waals surface area contributed by atoms with Crippen molar-refractivity contribution in [3.63, 3.8) is 0 Å². The van der Waals surface area contributed by atoms with Gasteiger partial charge >= 0.3 is 12.1 Å². The topological polar surface area (TPSA) is 65.2 Å². The quantitative estimate of drug-likeness (QED) is 0.685. The number of nitrogens with zero attached hydrogens (tertiary/aromatic N) is 1. The minimum Gasteiger partial charge on any atom is -0.466 e. The van der Waals surface area contributed by atoms with E-state index >= 15 is 0 Å². The number of halogens is 5. The zero-order chi connectivity index (χ0) is 15.5. The van der Waals surface area contributed by atoms with E-state index in [4.69, 9.17) is 5.73 Å². The van der Waals surface area contributed by atoms with Crippen LogP contribution in [-0.4, -0.2) is 17.6 Å². The Hall–Kier alpha value is -1.93. The number of aromatic nitrogens is 1. The summed E-state index contributed by atoms with van der Waals surface area (Å²) >= 11 is 0. The Labute approximate surface area is 110 Å². The summed E-state index contributed by atoms with van der Waals surface area (Å²) in [6.07, 6.45) is -8.39. The molecule has 9 heteroatoms. The molecular formula is C11H11F5N2O2. The monoisotopic (exact) mass is 298 g/mol. The number of nitrogen functional groups attached to an aromatic ring is 1. The van der Waals surface area contributed by atoms with Gasteiger partial charge in [0.2, 0.25) is 0 Å². The van der Waals surface area contributed by atoms with Gasteiger partial charge in [-0.1, -0.05) is 0 Å². The lowest BCUT2D eigenvalue weighted by Gasteiger charge is -2.15. The molecule has 4 nitrogen and oxygen atoms in total. The van der Waals surface area contributed by atoms with Crippen LogP contribution in [0.4, 0.5) is 27.6 Å². The number of pyridine rings is 1. The predicted octanol–water partition coefficient (Wildman–Crippen LogP) is 2.73. The highest BCUT2D eigenvalue weighted by atomic mass is 19.4. The average molecular weight is 298 g/mol. The van der Waals surface area contributed by atoms with Crippen LogP contribution in [0.5, 0.6) is 0 Å². The fraction of sp³-hybridized carbons (Fsp3) is 0.455. The number of rotatable bonds is 4. The molecule has 0 atom stereocenters. The molecule has 0 radical (unpaired) electrons. The summed E-state index contributed by atoms with van der Waals surface area (Å²) in [5.74, 6) is -0.944. The standard InChI is InChI=1S/C11H11F5N2O2/c1-2-20-7(19)3-5-6(10(12)13)4-18-9(8(5)17)11(14,15)16/h4,10H,2-3,17H2,1H3. The lowest BCUT2D eigenvalue weighted by Crippen LogP contribution is -2.18. The van der Waals surface area contributed by atoms with E-state index in [0.29, 0.717) is 6.20 Å². The van der Waals surface area contributed by atoms with Crippen LogP contribution in [0.2, 0.25) is 0 Å². The largest absolute Gasteiger partial charge is 0.466 e. The summed E-state index contributed by atoms with van der Waals surface area (Å²) in [5.41, 5.74) is 1.32. The van der Waals surface area contributed by atoms with Gasteiger partial charge in [-0.05, 0) is 12.5 Å². The minimum atomic E-state index is -4.89. The second kappa shape index (κ2) is 6.02. The van der Waals surface area contributed by atoms with E-state index in [1.807, 2.05) is 0 Å². The number of hydrogen-bond acceptors (Lipinski definition) is 4. The molecule has 1 rings (SSSR count). The maximum absolute atomic E-state index is 12.7. The zero-order valence-corrected chi connectivity index (χ0v) is 10.3. The van der Waals surface area contributed by atoms with E-state index in [9.17, 15) is 26.7 Å². The van der Waals surface area contributed by atoms with Crippen LogP contribution >= 0.6 is 0 Å². The van der Waals surface area contributed by atoms with Gasteiger partial charge in [-0.15, -0.1) is 0 Å². The molecule has 0 aromatic carbocycles. The van der Waals surface area contributed by atoms with E-state index in [2.05, 4.69) is 9.72 Å². The SMILES string of the molecule is CCOC(=O)Cc1c(C(F)F)cnc(C(F)(F)F)c1N. The van der Waals surface area contributed by atoms with Crippen molar-refractivity contribution in [3.05, 3.63) is 23.0 Å². The summed E-state index contributed by atoms with van der Waals surface area (Å²) in [6, 6.07) is 0. The van der Waals surface area contributed by atoms with Crippen LogP contribution in [0.15, 0.2) is 6.20 Å². The van der Waals surface area contributed by atoms with Gasteiger partial charge in [0.1, 0.15) is 0 Å². The molecule has 0 spiro atoms. The predicted molar refractivity (Wildman–Crippen MR) is 58.9 cm³/mol. The number of ether oxygens (including phenoxy) is 1. The average Bonchev–Trinajstić information content (AvgIpc) is 2.29. The first-order valence-electron chi connectivity index (χ1n) is 5.46. The summed E-state index contributed by atoms with van der Waals surface area (Å²) in [6.45, 7) is 1.45. The number of anilines is 1. The fourth-order valence-electron chi connectivity index (χ4n) is 1.55. The number of carbonyl (C=O) groups is 1. The van der Waals surface area contributed by atoms with Gasteiger partial charge in [0.25, 0.3) is 6.43 Å². The highest BCUT2D eigenvalue weighted by Crippen LogP contribution is 2.36. The van der Waals surface area contributed by atoms with E-state index in [0.717, 1.165) is 0 Å². The summed E-state index contributed by atoms with van der Waals surface area (Å²) in [7, 11) is 0. The highest BCUT2D eigenvalue weighted by Gasteiger charge is 2.37. The van der Waals surface area contributed by atoms with Gasteiger partial charge in [-0.3, -0.25) is 4.79 Å². The number of carbonyl (C=O) groups excluding carboxylic acids is 1. The number of esters is 1. The van der Waals surface area contributed by atoms with Crippen molar-refractivity contribution >= 4 is 11.7 Å². The van der Waals surface area contributed by atoms with E-state index < -0.39 is 47.5 Å². The van der Waals surface area contributed by atoms with Gasteiger partial charge in [0.05, 0.1) is 18.7 Å². The zero-order valence-electron chi connectivity index (χ0n) is 10.3. The Morgan fingerprint density at radius 3 is 2.50 bits per heavy atom. The number of hydrogen-bond donors (Lipinski definition) is 1. The third kappa shape index (κ3) is 3.55. The lowest BCUT2D eigenvalue weighted by atomic mass is 10.0. The summed E-state index contributed by atoms with van der Waals surface area (Å²) in [5, 5.41) is 0.